The fraction of sp³-hybridized carbons (Fsp3) is 0.316. The summed E-state index contributed by atoms with van der Waals surface area (Å²) in [6.07, 6.45) is 4.00. The normalized spacial score (nSPS) is 11.4. The predicted octanol–water partition coefficient (Wildman–Crippen LogP) is 2.93. The van der Waals surface area contributed by atoms with Crippen molar-refractivity contribution in [3.8, 4) is 5.88 Å². The molecule has 0 fully saturated rings. The zero-order chi connectivity index (χ0) is 19.4. The molecule has 0 atom stereocenters. The van der Waals surface area contributed by atoms with Gasteiger partial charge in [-0.2, -0.15) is 4.98 Å². The third-order valence-electron chi connectivity index (χ3n) is 4.11. The van der Waals surface area contributed by atoms with Gasteiger partial charge in [-0.1, -0.05) is 0 Å². The minimum Gasteiger partial charge on any atom is -0.481 e. The Labute approximate surface area is 156 Å². The molecule has 0 radical (unpaired) electrons. The summed E-state index contributed by atoms with van der Waals surface area (Å²) in [5.41, 5.74) is 1.23. The van der Waals surface area contributed by atoms with Crippen molar-refractivity contribution in [1.82, 2.24) is 25.6 Å². The summed E-state index contributed by atoms with van der Waals surface area (Å²) in [6, 6.07) is 5.95. The van der Waals surface area contributed by atoms with Crippen LogP contribution in [-0.4, -0.2) is 33.6 Å². The van der Waals surface area contributed by atoms with Crippen LogP contribution >= 0.6 is 0 Å². The molecule has 142 valence electrons. The summed E-state index contributed by atoms with van der Waals surface area (Å²) in [7, 11) is 1.52. The first kappa shape index (κ1) is 18.6. The first-order valence-corrected chi connectivity index (χ1v) is 8.54. The highest BCUT2D eigenvalue weighted by Crippen LogP contribution is 2.23. The molecular formula is C19H22FN5O2. The zero-order valence-corrected chi connectivity index (χ0v) is 15.5. The lowest BCUT2D eigenvalue weighted by Crippen LogP contribution is -2.49. The molecule has 0 saturated carbocycles. The van der Waals surface area contributed by atoms with E-state index in [-0.39, 0.29) is 18.4 Å². The molecule has 0 aliphatic rings. The van der Waals surface area contributed by atoms with E-state index in [0.717, 1.165) is 16.5 Å². The minimum absolute atomic E-state index is 0.186. The first-order chi connectivity index (χ1) is 12.9. The lowest BCUT2D eigenvalue weighted by molar-refractivity contribution is 0.229. The number of H-pyrrole nitrogens is 1. The minimum atomic E-state index is -0.511. The Morgan fingerprint density at radius 1 is 1.33 bits per heavy atom. The Morgan fingerprint density at radius 3 is 2.93 bits per heavy atom. The maximum Gasteiger partial charge on any atom is 0.315 e. The molecule has 3 rings (SSSR count). The van der Waals surface area contributed by atoms with Gasteiger partial charge in [-0.3, -0.25) is 0 Å². The average Bonchev–Trinajstić information content (AvgIpc) is 3.01. The number of nitrogens with one attached hydrogen (secondary N) is 3. The van der Waals surface area contributed by atoms with Gasteiger partial charge in [0.25, 0.3) is 0 Å². The standard InChI is InChI=1S/C19H22FN5O2/c1-19(2,9-12-10-22-15-8-13(20)4-5-14(12)15)25-18(26)23-11-16-21-7-6-17(24-16)27-3/h4-8,10,22H,9,11H2,1-3H3,(H2,23,25,26). The van der Waals surface area contributed by atoms with Crippen molar-refractivity contribution in [1.29, 1.82) is 0 Å². The fourth-order valence-corrected chi connectivity index (χ4v) is 2.92. The van der Waals surface area contributed by atoms with Crippen LogP contribution in [0.15, 0.2) is 36.7 Å². The SMILES string of the molecule is COc1ccnc(CNC(=O)NC(C)(C)Cc2c[nH]c3cc(F)ccc23)n1. The lowest BCUT2D eigenvalue weighted by Gasteiger charge is -2.26. The van der Waals surface area contributed by atoms with Crippen molar-refractivity contribution in [3.05, 3.63) is 53.9 Å². The quantitative estimate of drug-likeness (QED) is 0.621. The number of halogens is 1. The number of rotatable bonds is 6. The number of carbonyl (C=O) groups excluding carboxylic acids is 1. The topological polar surface area (TPSA) is 91.9 Å². The van der Waals surface area contributed by atoms with Crippen LogP contribution in [0.4, 0.5) is 9.18 Å². The van der Waals surface area contributed by atoms with Crippen molar-refractivity contribution in [2.45, 2.75) is 32.4 Å². The van der Waals surface area contributed by atoms with Crippen molar-refractivity contribution in [2.75, 3.05) is 7.11 Å². The summed E-state index contributed by atoms with van der Waals surface area (Å²) in [5, 5.41) is 6.63. The van der Waals surface area contributed by atoms with Gasteiger partial charge in [0.2, 0.25) is 5.88 Å². The van der Waals surface area contributed by atoms with E-state index in [1.165, 1.54) is 19.2 Å². The Balaban J connectivity index is 1.60. The van der Waals surface area contributed by atoms with Gasteiger partial charge in [0, 0.05) is 34.9 Å². The number of aromatic amines is 1. The molecule has 2 amide bonds. The van der Waals surface area contributed by atoms with E-state index in [0.29, 0.717) is 18.1 Å². The summed E-state index contributed by atoms with van der Waals surface area (Å²) in [5.74, 6) is 0.617. The van der Waals surface area contributed by atoms with Gasteiger partial charge in [0.1, 0.15) is 5.82 Å². The zero-order valence-electron chi connectivity index (χ0n) is 15.5. The second kappa shape index (κ2) is 7.61. The van der Waals surface area contributed by atoms with Crippen molar-refractivity contribution >= 4 is 16.9 Å². The van der Waals surface area contributed by atoms with Gasteiger partial charge < -0.3 is 20.4 Å². The molecule has 0 aliphatic carbocycles. The number of amides is 2. The maximum absolute atomic E-state index is 13.3. The summed E-state index contributed by atoms with van der Waals surface area (Å²) >= 11 is 0. The number of benzene rings is 1. The molecule has 0 unspecified atom stereocenters. The first-order valence-electron chi connectivity index (χ1n) is 8.54. The molecule has 0 bridgehead atoms. The van der Waals surface area contributed by atoms with Gasteiger partial charge in [0.15, 0.2) is 5.82 Å². The van der Waals surface area contributed by atoms with Gasteiger partial charge in [-0.25, -0.2) is 14.2 Å². The Bertz CT molecular complexity index is 954. The van der Waals surface area contributed by atoms with E-state index in [2.05, 4.69) is 25.6 Å². The van der Waals surface area contributed by atoms with Crippen LogP contribution in [0.25, 0.3) is 10.9 Å². The molecule has 2 aromatic heterocycles. The smallest absolute Gasteiger partial charge is 0.315 e. The van der Waals surface area contributed by atoms with Crippen LogP contribution in [0.2, 0.25) is 0 Å². The summed E-state index contributed by atoms with van der Waals surface area (Å²) in [4.78, 5) is 23.6. The molecule has 0 spiro atoms. The number of carbonyl (C=O) groups is 1. The molecule has 1 aromatic carbocycles. The Kier molecular flexibility index (Phi) is 5.25. The number of ether oxygens (including phenoxy) is 1. The van der Waals surface area contributed by atoms with Crippen LogP contribution in [-0.2, 0) is 13.0 Å². The number of aromatic nitrogens is 3. The average molecular weight is 371 g/mol. The Morgan fingerprint density at radius 2 is 2.15 bits per heavy atom. The van der Waals surface area contributed by atoms with Crippen molar-refractivity contribution in [2.24, 2.45) is 0 Å². The molecule has 7 nitrogen and oxygen atoms in total. The van der Waals surface area contributed by atoms with Gasteiger partial charge in [-0.15, -0.1) is 0 Å². The second-order valence-electron chi connectivity index (χ2n) is 6.89. The second-order valence-corrected chi connectivity index (χ2v) is 6.89. The molecule has 0 aliphatic heterocycles. The maximum atomic E-state index is 13.3. The highest BCUT2D eigenvalue weighted by atomic mass is 19.1. The molecule has 27 heavy (non-hydrogen) atoms. The molecule has 8 heteroatoms. The molecule has 3 N–H and O–H groups in total. The van der Waals surface area contributed by atoms with Crippen LogP contribution in [0.3, 0.4) is 0 Å². The summed E-state index contributed by atoms with van der Waals surface area (Å²) < 4.78 is 18.4. The van der Waals surface area contributed by atoms with E-state index in [9.17, 15) is 9.18 Å². The Hall–Kier alpha value is -3.16. The molecular weight excluding hydrogens is 349 g/mol. The van der Waals surface area contributed by atoms with E-state index in [1.807, 2.05) is 20.0 Å². The van der Waals surface area contributed by atoms with Crippen LogP contribution < -0.4 is 15.4 Å². The van der Waals surface area contributed by atoms with Crippen molar-refractivity contribution in [3.63, 3.8) is 0 Å². The van der Waals surface area contributed by atoms with Crippen LogP contribution in [0, 0.1) is 5.82 Å². The van der Waals surface area contributed by atoms with E-state index in [4.69, 9.17) is 4.74 Å². The van der Waals surface area contributed by atoms with Gasteiger partial charge in [0.05, 0.1) is 13.7 Å². The predicted molar refractivity (Wildman–Crippen MR) is 100.0 cm³/mol. The van der Waals surface area contributed by atoms with Gasteiger partial charge >= 0.3 is 6.03 Å². The lowest BCUT2D eigenvalue weighted by atomic mass is 9.95. The molecule has 3 aromatic rings. The number of hydrogen-bond donors (Lipinski definition) is 3. The van der Waals surface area contributed by atoms with Gasteiger partial charge in [-0.05, 0) is 44.0 Å². The largest absolute Gasteiger partial charge is 0.481 e. The number of nitrogens with zero attached hydrogens (tertiary/aromatic N) is 2. The third-order valence-corrected chi connectivity index (χ3v) is 4.11. The number of fused-ring (bicyclic) bond motifs is 1. The number of methoxy groups -OCH3 is 1. The third kappa shape index (κ3) is 4.72. The molecule has 2 heterocycles. The highest BCUT2D eigenvalue weighted by Gasteiger charge is 2.22. The monoisotopic (exact) mass is 371 g/mol. The van der Waals surface area contributed by atoms with Crippen molar-refractivity contribution < 1.29 is 13.9 Å². The van der Waals surface area contributed by atoms with Crippen LogP contribution in [0.5, 0.6) is 5.88 Å². The highest BCUT2D eigenvalue weighted by molar-refractivity contribution is 5.83. The van der Waals surface area contributed by atoms with E-state index < -0.39 is 5.54 Å². The number of hydrogen-bond acceptors (Lipinski definition) is 4. The number of urea groups is 1. The molecule has 0 saturated heterocycles. The fourth-order valence-electron chi connectivity index (χ4n) is 2.92. The van der Waals surface area contributed by atoms with E-state index in [1.54, 1.807) is 18.3 Å². The summed E-state index contributed by atoms with van der Waals surface area (Å²) in [6.45, 7) is 4.04. The van der Waals surface area contributed by atoms with Crippen LogP contribution in [0.1, 0.15) is 25.2 Å². The van der Waals surface area contributed by atoms with E-state index >= 15 is 0 Å².